The zero-order valence-electron chi connectivity index (χ0n) is 32.3. The van der Waals surface area contributed by atoms with Gasteiger partial charge in [-0.15, -0.1) is 0 Å². The van der Waals surface area contributed by atoms with E-state index in [9.17, 15) is 0 Å². The summed E-state index contributed by atoms with van der Waals surface area (Å²) in [5.74, 6) is 1.58. The van der Waals surface area contributed by atoms with Gasteiger partial charge < -0.3 is 33.8 Å². The molecule has 2 unspecified atom stereocenters. The molecule has 264 valence electrons. The maximum atomic E-state index is 7.49. The number of rotatable bonds is 12. The number of benzene rings is 4. The highest BCUT2D eigenvalue weighted by molar-refractivity contribution is 5.58. The number of hydrogen-bond acceptors (Lipinski definition) is 7. The van der Waals surface area contributed by atoms with E-state index in [1.807, 2.05) is 28.2 Å². The molecule has 0 heterocycles. The first kappa shape index (κ1) is 37.5. The summed E-state index contributed by atoms with van der Waals surface area (Å²) < 4.78 is 20.9. The van der Waals surface area contributed by atoms with Crippen LogP contribution in [0.5, 0.6) is 11.5 Å². The molecule has 0 bridgehead atoms. The lowest BCUT2D eigenvalue weighted by Gasteiger charge is -2.32. The molecule has 0 N–H and O–H groups in total. The second-order valence-electron chi connectivity index (χ2n) is 15.5. The molecule has 0 saturated carbocycles. The van der Waals surface area contributed by atoms with Crippen LogP contribution in [0.15, 0.2) is 84.9 Å². The Bertz CT molecular complexity index is 1540. The molecule has 0 aliphatic heterocycles. The van der Waals surface area contributed by atoms with Crippen molar-refractivity contribution in [3.8, 4) is 11.5 Å². The Kier molecular flexibility index (Phi) is 11.5. The molecule has 7 heteroatoms. The number of nitrogens with zero attached hydrogens (tertiary/aromatic N) is 4. The molecule has 0 fully saturated rings. The van der Waals surface area contributed by atoms with Gasteiger partial charge >= 0.3 is 0 Å². The highest BCUT2D eigenvalue weighted by Crippen LogP contribution is 2.45. The molecule has 49 heavy (non-hydrogen) atoms. The van der Waals surface area contributed by atoms with Crippen LogP contribution in [-0.4, -0.2) is 67.6 Å². The van der Waals surface area contributed by atoms with E-state index in [-0.39, 0.29) is 0 Å². The van der Waals surface area contributed by atoms with Crippen LogP contribution in [0.1, 0.15) is 76.0 Å². The highest BCUT2D eigenvalue weighted by atomic mass is 16.5. The summed E-state index contributed by atoms with van der Waals surface area (Å²) in [7, 11) is 16.4. The summed E-state index contributed by atoms with van der Waals surface area (Å²) >= 11 is 0. The van der Waals surface area contributed by atoms with Crippen molar-refractivity contribution in [3.63, 3.8) is 0 Å². The normalized spacial score (nSPS) is 13.0. The molecule has 0 aliphatic rings. The SMILES string of the molecule is CN(C)c1ccc(C(OC(c2ccc(N(C)C)cc2)c2ccc(N(C)C)cc2OC(C)(C)C)c2ccc(N(C)C)cc2OC(C)(C)C)cc1. The smallest absolute Gasteiger partial charge is 0.128 e. The van der Waals surface area contributed by atoms with E-state index in [1.54, 1.807) is 0 Å². The maximum Gasteiger partial charge on any atom is 0.128 e. The third-order valence-electron chi connectivity index (χ3n) is 8.12. The molecule has 4 aromatic rings. The third-order valence-corrected chi connectivity index (χ3v) is 8.12. The Balaban J connectivity index is 2.00. The van der Waals surface area contributed by atoms with Gasteiger partial charge in [-0.1, -0.05) is 36.4 Å². The lowest BCUT2D eigenvalue weighted by Crippen LogP contribution is -2.26. The molecular formula is C42H58N4O3. The summed E-state index contributed by atoms with van der Waals surface area (Å²) in [5.41, 5.74) is 7.47. The molecule has 0 amide bonds. The van der Waals surface area contributed by atoms with E-state index in [4.69, 9.17) is 14.2 Å². The van der Waals surface area contributed by atoms with Crippen molar-refractivity contribution in [3.05, 3.63) is 107 Å². The second kappa shape index (κ2) is 15.0. The van der Waals surface area contributed by atoms with Crippen molar-refractivity contribution in [2.45, 2.75) is 65.0 Å². The largest absolute Gasteiger partial charge is 0.488 e. The van der Waals surface area contributed by atoms with Crippen LogP contribution < -0.4 is 29.1 Å². The fourth-order valence-electron chi connectivity index (χ4n) is 5.57. The van der Waals surface area contributed by atoms with E-state index in [0.29, 0.717) is 0 Å². The molecule has 4 aromatic carbocycles. The van der Waals surface area contributed by atoms with Gasteiger partial charge in [0.1, 0.15) is 34.9 Å². The summed E-state index contributed by atoms with van der Waals surface area (Å²) in [5, 5.41) is 0. The highest BCUT2D eigenvalue weighted by Gasteiger charge is 2.30. The van der Waals surface area contributed by atoms with Gasteiger partial charge in [0.15, 0.2) is 0 Å². The third kappa shape index (κ3) is 9.85. The average Bonchev–Trinajstić information content (AvgIpc) is 3.00. The van der Waals surface area contributed by atoms with E-state index >= 15 is 0 Å². The molecule has 2 atom stereocenters. The van der Waals surface area contributed by atoms with E-state index in [1.165, 1.54) is 0 Å². The van der Waals surface area contributed by atoms with E-state index in [2.05, 4.69) is 174 Å². The fourth-order valence-corrected chi connectivity index (χ4v) is 5.57. The molecule has 0 aliphatic carbocycles. The summed E-state index contributed by atoms with van der Waals surface area (Å²) in [6.07, 6.45) is -0.946. The fraction of sp³-hybridized carbons (Fsp3) is 0.429. The topological polar surface area (TPSA) is 40.7 Å². The van der Waals surface area contributed by atoms with Gasteiger partial charge in [-0.05, 0) is 89.1 Å². The zero-order chi connectivity index (χ0) is 36.3. The van der Waals surface area contributed by atoms with Crippen molar-refractivity contribution in [2.24, 2.45) is 0 Å². The molecule has 4 rings (SSSR count). The Morgan fingerprint density at radius 1 is 0.408 bits per heavy atom. The van der Waals surface area contributed by atoms with Gasteiger partial charge in [0.05, 0.1) is 0 Å². The summed E-state index contributed by atoms with van der Waals surface area (Å²) in [4.78, 5) is 8.41. The van der Waals surface area contributed by atoms with Crippen molar-refractivity contribution < 1.29 is 14.2 Å². The maximum absolute atomic E-state index is 7.49. The van der Waals surface area contributed by atoms with E-state index in [0.717, 1.165) is 56.5 Å². The monoisotopic (exact) mass is 666 g/mol. The van der Waals surface area contributed by atoms with Crippen LogP contribution >= 0.6 is 0 Å². The van der Waals surface area contributed by atoms with Crippen molar-refractivity contribution in [2.75, 3.05) is 76.0 Å². The lowest BCUT2D eigenvalue weighted by molar-refractivity contribution is 0.0233. The minimum absolute atomic E-state index is 0.420. The minimum Gasteiger partial charge on any atom is -0.488 e. The number of anilines is 4. The van der Waals surface area contributed by atoms with Crippen LogP contribution in [0.4, 0.5) is 22.7 Å². The lowest BCUT2D eigenvalue weighted by atomic mass is 9.95. The first-order valence-corrected chi connectivity index (χ1v) is 17.0. The molecule has 0 spiro atoms. The number of ether oxygens (including phenoxy) is 3. The first-order valence-electron chi connectivity index (χ1n) is 17.0. The molecular weight excluding hydrogens is 608 g/mol. The summed E-state index contributed by atoms with van der Waals surface area (Å²) in [6, 6.07) is 30.0. The van der Waals surface area contributed by atoms with Gasteiger partial charge in [-0.3, -0.25) is 0 Å². The van der Waals surface area contributed by atoms with Gasteiger partial charge in [0.25, 0.3) is 0 Å². The van der Waals surface area contributed by atoms with Crippen LogP contribution in [0.25, 0.3) is 0 Å². The second-order valence-corrected chi connectivity index (χ2v) is 15.5. The molecule has 7 nitrogen and oxygen atoms in total. The van der Waals surface area contributed by atoms with Crippen molar-refractivity contribution >= 4 is 22.7 Å². The van der Waals surface area contributed by atoms with Crippen LogP contribution in [-0.2, 0) is 4.74 Å². The predicted molar refractivity (Wildman–Crippen MR) is 209 cm³/mol. The zero-order valence-corrected chi connectivity index (χ0v) is 32.3. The van der Waals surface area contributed by atoms with Gasteiger partial charge in [0, 0.05) is 102 Å². The minimum atomic E-state index is -0.473. The van der Waals surface area contributed by atoms with Gasteiger partial charge in [0.2, 0.25) is 0 Å². The van der Waals surface area contributed by atoms with Gasteiger partial charge in [-0.25, -0.2) is 0 Å². The summed E-state index contributed by atoms with van der Waals surface area (Å²) in [6.45, 7) is 12.5. The Hall–Kier alpha value is -4.36. The number of hydrogen-bond donors (Lipinski definition) is 0. The van der Waals surface area contributed by atoms with Crippen LogP contribution in [0.2, 0.25) is 0 Å². The van der Waals surface area contributed by atoms with Crippen molar-refractivity contribution in [1.82, 2.24) is 0 Å². The van der Waals surface area contributed by atoms with Gasteiger partial charge in [-0.2, -0.15) is 0 Å². The predicted octanol–water partition coefficient (Wildman–Crippen LogP) is 9.20. The first-order chi connectivity index (χ1) is 22.8. The molecule has 0 aromatic heterocycles. The van der Waals surface area contributed by atoms with Crippen molar-refractivity contribution in [1.29, 1.82) is 0 Å². The van der Waals surface area contributed by atoms with E-state index < -0.39 is 23.4 Å². The Morgan fingerprint density at radius 2 is 0.694 bits per heavy atom. The van der Waals surface area contributed by atoms with Crippen LogP contribution in [0, 0.1) is 0 Å². The Morgan fingerprint density at radius 3 is 0.959 bits per heavy atom. The molecule has 0 saturated heterocycles. The average molecular weight is 667 g/mol. The van der Waals surface area contributed by atoms with Crippen LogP contribution in [0.3, 0.4) is 0 Å². The quantitative estimate of drug-likeness (QED) is 0.149. The Labute approximate surface area is 296 Å². The molecule has 0 radical (unpaired) electrons. The standard InChI is InChI=1S/C42H58N4O3/c1-41(2,3)48-37-27-33(45(11)12)23-25-35(37)39(29-15-19-31(20-16-29)43(7)8)47-40(30-17-21-32(22-18-30)44(9)10)36-26-24-34(46(13)14)28-38(36)49-42(4,5)6/h15-28,39-40H,1-14H3.